The molecule has 3 aliphatic carbocycles. The molecule has 2 heterocycles. The maximum absolute atomic E-state index is 13.0. The minimum absolute atomic E-state index is 0.147. The van der Waals surface area contributed by atoms with Crippen molar-refractivity contribution in [3.63, 3.8) is 0 Å². The van der Waals surface area contributed by atoms with Gasteiger partial charge in [0.05, 0.1) is 5.25 Å². The lowest BCUT2D eigenvalue weighted by Gasteiger charge is -2.31. The number of carbonyl (C=O) groups is 1. The first-order chi connectivity index (χ1) is 14.5. The van der Waals surface area contributed by atoms with Gasteiger partial charge in [0.2, 0.25) is 11.9 Å². The van der Waals surface area contributed by atoms with Gasteiger partial charge in [-0.3, -0.25) is 9.36 Å². The van der Waals surface area contributed by atoms with E-state index in [1.165, 1.54) is 51.4 Å². The molecule has 7 heteroatoms. The first-order valence-corrected chi connectivity index (χ1v) is 13.0. The van der Waals surface area contributed by atoms with E-state index >= 15 is 0 Å². The van der Waals surface area contributed by atoms with Crippen LogP contribution in [0.1, 0.15) is 78.2 Å². The summed E-state index contributed by atoms with van der Waals surface area (Å²) in [7, 11) is 0. The van der Waals surface area contributed by atoms with E-state index < -0.39 is 0 Å². The zero-order valence-electron chi connectivity index (χ0n) is 18.7. The monoisotopic (exact) mass is 431 g/mol. The van der Waals surface area contributed by atoms with Crippen molar-refractivity contribution in [3.05, 3.63) is 0 Å². The van der Waals surface area contributed by atoms with Gasteiger partial charge in [-0.05, 0) is 82.5 Å². The van der Waals surface area contributed by atoms with Gasteiger partial charge in [0.25, 0.3) is 0 Å². The van der Waals surface area contributed by atoms with Gasteiger partial charge in [0.1, 0.15) is 0 Å². The second-order valence-corrected chi connectivity index (χ2v) is 11.8. The first-order valence-electron chi connectivity index (χ1n) is 12.2. The standard InChI is InChI=1S/C23H37N5OS/c1-14-8-10-27(11-9-14)22-25-26-23(28(22)19-6-7-19)30-16(3)21(29)24-15(2)20-13-17-4-5-18(20)12-17/h14-20H,4-13H2,1-3H3,(H,24,29). The zero-order valence-corrected chi connectivity index (χ0v) is 19.5. The van der Waals surface area contributed by atoms with Crippen molar-refractivity contribution in [2.24, 2.45) is 23.7 Å². The molecule has 0 radical (unpaired) electrons. The molecule has 1 saturated heterocycles. The lowest BCUT2D eigenvalue weighted by atomic mass is 9.84. The van der Waals surface area contributed by atoms with E-state index in [-0.39, 0.29) is 17.2 Å². The molecule has 5 unspecified atom stereocenters. The van der Waals surface area contributed by atoms with Gasteiger partial charge >= 0.3 is 0 Å². The van der Waals surface area contributed by atoms with Crippen LogP contribution in [0.15, 0.2) is 5.16 Å². The van der Waals surface area contributed by atoms with E-state index in [9.17, 15) is 4.79 Å². The number of nitrogens with zero attached hydrogens (tertiary/aromatic N) is 4. The highest BCUT2D eigenvalue weighted by Crippen LogP contribution is 2.49. The molecule has 5 atom stereocenters. The third-order valence-corrected chi connectivity index (χ3v) is 9.14. The van der Waals surface area contributed by atoms with Gasteiger partial charge in [-0.1, -0.05) is 25.1 Å². The normalized spacial score (nSPS) is 31.2. The van der Waals surface area contributed by atoms with E-state index in [1.807, 2.05) is 6.92 Å². The Bertz CT molecular complexity index is 770. The van der Waals surface area contributed by atoms with E-state index in [1.54, 1.807) is 11.8 Å². The number of thioether (sulfide) groups is 1. The molecule has 1 amide bonds. The third-order valence-electron chi connectivity index (χ3n) is 8.08. The van der Waals surface area contributed by atoms with E-state index in [0.29, 0.717) is 12.0 Å². The minimum Gasteiger partial charge on any atom is -0.352 e. The third kappa shape index (κ3) is 4.11. The van der Waals surface area contributed by atoms with Crippen molar-refractivity contribution in [2.45, 2.75) is 94.6 Å². The molecule has 6 nitrogen and oxygen atoms in total. The van der Waals surface area contributed by atoms with E-state index in [4.69, 9.17) is 0 Å². The number of rotatable bonds is 7. The van der Waals surface area contributed by atoms with Crippen LogP contribution in [-0.2, 0) is 4.79 Å². The summed E-state index contributed by atoms with van der Waals surface area (Å²) >= 11 is 1.58. The summed E-state index contributed by atoms with van der Waals surface area (Å²) in [5, 5.41) is 13.2. The average Bonchev–Trinajstić information content (AvgIpc) is 3.14. The number of hydrogen-bond donors (Lipinski definition) is 1. The van der Waals surface area contributed by atoms with E-state index in [0.717, 1.165) is 41.9 Å². The molecule has 0 spiro atoms. The molecule has 1 N–H and O–H groups in total. The van der Waals surface area contributed by atoms with Crippen LogP contribution in [0.4, 0.5) is 5.95 Å². The minimum atomic E-state index is -0.151. The molecule has 1 aromatic heterocycles. The highest BCUT2D eigenvalue weighted by Gasteiger charge is 2.42. The van der Waals surface area contributed by atoms with Crippen molar-refractivity contribution in [1.29, 1.82) is 0 Å². The maximum atomic E-state index is 13.0. The number of anilines is 1. The van der Waals surface area contributed by atoms with Crippen LogP contribution in [0.5, 0.6) is 0 Å². The zero-order chi connectivity index (χ0) is 20.8. The molecule has 1 aliphatic heterocycles. The highest BCUT2D eigenvalue weighted by molar-refractivity contribution is 8.00. The maximum Gasteiger partial charge on any atom is 0.233 e. The smallest absolute Gasteiger partial charge is 0.233 e. The predicted octanol–water partition coefficient (Wildman–Crippen LogP) is 4.27. The van der Waals surface area contributed by atoms with Gasteiger partial charge in [-0.25, -0.2) is 0 Å². The molecule has 3 saturated carbocycles. The summed E-state index contributed by atoms with van der Waals surface area (Å²) in [5.41, 5.74) is 0. The Hall–Kier alpha value is -1.24. The Morgan fingerprint density at radius 3 is 2.47 bits per heavy atom. The topological polar surface area (TPSA) is 63.1 Å². The van der Waals surface area contributed by atoms with Gasteiger partial charge in [0.15, 0.2) is 5.16 Å². The molecule has 2 bridgehead atoms. The summed E-state index contributed by atoms with van der Waals surface area (Å²) in [6.07, 6.45) is 10.3. The summed E-state index contributed by atoms with van der Waals surface area (Å²) in [5.74, 6) is 4.39. The lowest BCUT2D eigenvalue weighted by molar-refractivity contribution is -0.121. The van der Waals surface area contributed by atoms with Crippen LogP contribution in [0.3, 0.4) is 0 Å². The number of nitrogens with one attached hydrogen (secondary N) is 1. The second-order valence-electron chi connectivity index (χ2n) is 10.4. The largest absolute Gasteiger partial charge is 0.352 e. The number of fused-ring (bicyclic) bond motifs is 2. The average molecular weight is 432 g/mol. The van der Waals surface area contributed by atoms with Gasteiger partial charge < -0.3 is 10.2 Å². The van der Waals surface area contributed by atoms with Crippen LogP contribution in [0.25, 0.3) is 0 Å². The number of carbonyl (C=O) groups excluding carboxylic acids is 1. The Morgan fingerprint density at radius 1 is 1.07 bits per heavy atom. The molecule has 4 fully saturated rings. The Balaban J connectivity index is 1.22. The summed E-state index contributed by atoms with van der Waals surface area (Å²) < 4.78 is 2.32. The van der Waals surface area contributed by atoms with Gasteiger partial charge in [-0.2, -0.15) is 0 Å². The molecular weight excluding hydrogens is 394 g/mol. The molecule has 0 aromatic carbocycles. The summed E-state index contributed by atoms with van der Waals surface area (Å²) in [6, 6.07) is 0.795. The van der Waals surface area contributed by atoms with Crippen molar-refractivity contribution in [1.82, 2.24) is 20.1 Å². The van der Waals surface area contributed by atoms with Crippen molar-refractivity contribution in [2.75, 3.05) is 18.0 Å². The fraction of sp³-hybridized carbons (Fsp3) is 0.870. The molecule has 5 rings (SSSR count). The Kier molecular flexibility index (Phi) is 5.76. The van der Waals surface area contributed by atoms with Crippen molar-refractivity contribution in [3.8, 4) is 0 Å². The van der Waals surface area contributed by atoms with Crippen LogP contribution in [0, 0.1) is 23.7 Å². The number of aromatic nitrogens is 3. The lowest BCUT2D eigenvalue weighted by Crippen LogP contribution is -2.43. The van der Waals surface area contributed by atoms with Crippen LogP contribution in [0.2, 0.25) is 0 Å². The van der Waals surface area contributed by atoms with Crippen molar-refractivity contribution >= 4 is 23.6 Å². The first kappa shape index (κ1) is 20.7. The second kappa shape index (κ2) is 8.36. The highest BCUT2D eigenvalue weighted by atomic mass is 32.2. The molecule has 166 valence electrons. The number of piperidine rings is 1. The SMILES string of the molecule is CC1CCN(c2nnc(SC(C)C(=O)NC(C)C3CC4CCC3C4)n2C2CC2)CC1. The van der Waals surface area contributed by atoms with Crippen molar-refractivity contribution < 1.29 is 4.79 Å². The van der Waals surface area contributed by atoms with Crippen LogP contribution < -0.4 is 10.2 Å². The fourth-order valence-corrected chi connectivity index (χ4v) is 6.92. The number of amides is 1. The van der Waals surface area contributed by atoms with Crippen LogP contribution in [-0.4, -0.2) is 45.1 Å². The Labute approximate surface area is 184 Å². The number of hydrogen-bond acceptors (Lipinski definition) is 5. The molecule has 1 aromatic rings. The quantitative estimate of drug-likeness (QED) is 0.653. The summed E-state index contributed by atoms with van der Waals surface area (Å²) in [6.45, 7) is 8.69. The molecular formula is C23H37N5OS. The van der Waals surface area contributed by atoms with Gasteiger partial charge in [-0.15, -0.1) is 10.2 Å². The van der Waals surface area contributed by atoms with E-state index in [2.05, 4.69) is 38.8 Å². The fourth-order valence-electron chi connectivity index (χ4n) is 5.99. The molecule has 4 aliphatic rings. The van der Waals surface area contributed by atoms with Crippen LogP contribution >= 0.6 is 11.8 Å². The Morgan fingerprint density at radius 2 is 1.83 bits per heavy atom. The molecule has 30 heavy (non-hydrogen) atoms. The summed E-state index contributed by atoms with van der Waals surface area (Å²) in [4.78, 5) is 15.4. The van der Waals surface area contributed by atoms with Gasteiger partial charge in [0, 0.05) is 25.2 Å². The predicted molar refractivity (Wildman–Crippen MR) is 121 cm³/mol.